The van der Waals surface area contributed by atoms with Crippen molar-refractivity contribution in [1.29, 1.82) is 0 Å². The summed E-state index contributed by atoms with van der Waals surface area (Å²) in [6, 6.07) is 4.20. The van der Waals surface area contributed by atoms with E-state index in [9.17, 15) is 0 Å². The molecule has 0 radical (unpaired) electrons. The Bertz CT molecular complexity index is 895. The Labute approximate surface area is 139 Å². The number of imidazole rings is 1. The second kappa shape index (κ2) is 5.25. The SMILES string of the molecule is Cn1c([C@H]2CCCN2c2ccc3nnnn3n2)nc2c1CCCC2. The number of hydrogen-bond donors (Lipinski definition) is 0. The van der Waals surface area contributed by atoms with Crippen LogP contribution in [0.25, 0.3) is 5.65 Å². The summed E-state index contributed by atoms with van der Waals surface area (Å²) in [7, 11) is 2.17. The Morgan fingerprint density at radius 2 is 2.04 bits per heavy atom. The van der Waals surface area contributed by atoms with Crippen LogP contribution in [0.5, 0.6) is 0 Å². The maximum absolute atomic E-state index is 5.01. The van der Waals surface area contributed by atoms with E-state index in [0.29, 0.717) is 5.65 Å². The molecule has 4 heterocycles. The molecule has 1 aliphatic carbocycles. The Morgan fingerprint density at radius 1 is 1.12 bits per heavy atom. The third-order valence-electron chi connectivity index (χ3n) is 5.31. The summed E-state index contributed by atoms with van der Waals surface area (Å²) in [5.41, 5.74) is 3.39. The predicted octanol–water partition coefficient (Wildman–Crippen LogP) is 1.47. The molecule has 5 rings (SSSR count). The molecule has 0 spiro atoms. The van der Waals surface area contributed by atoms with Crippen molar-refractivity contribution >= 4 is 11.5 Å². The van der Waals surface area contributed by atoms with Crippen LogP contribution in [-0.2, 0) is 19.9 Å². The zero-order chi connectivity index (χ0) is 16.1. The quantitative estimate of drug-likeness (QED) is 0.710. The van der Waals surface area contributed by atoms with E-state index in [4.69, 9.17) is 4.98 Å². The van der Waals surface area contributed by atoms with Gasteiger partial charge in [-0.2, -0.15) is 0 Å². The van der Waals surface area contributed by atoms with Gasteiger partial charge in [-0.3, -0.25) is 0 Å². The van der Waals surface area contributed by atoms with E-state index in [0.717, 1.165) is 38.0 Å². The number of tetrazole rings is 1. The molecule has 124 valence electrons. The number of aromatic nitrogens is 7. The molecular formula is C16H20N8. The highest BCUT2D eigenvalue weighted by Gasteiger charge is 2.32. The first-order chi connectivity index (χ1) is 11.8. The topological polar surface area (TPSA) is 77.0 Å². The number of anilines is 1. The largest absolute Gasteiger partial charge is 0.345 e. The number of aryl methyl sites for hydroxylation is 1. The average Bonchev–Trinajstić information content (AvgIpc) is 3.32. The molecular weight excluding hydrogens is 304 g/mol. The fourth-order valence-electron chi connectivity index (χ4n) is 4.11. The molecule has 24 heavy (non-hydrogen) atoms. The maximum Gasteiger partial charge on any atom is 0.200 e. The highest BCUT2D eigenvalue weighted by Crippen LogP contribution is 2.36. The van der Waals surface area contributed by atoms with Crippen molar-refractivity contribution in [3.8, 4) is 0 Å². The summed E-state index contributed by atoms with van der Waals surface area (Å²) in [5, 5.41) is 16.1. The minimum atomic E-state index is 0.280. The first-order valence-corrected chi connectivity index (χ1v) is 8.68. The molecule has 1 saturated heterocycles. The molecule has 1 fully saturated rings. The normalized spacial score (nSPS) is 20.7. The highest BCUT2D eigenvalue weighted by atomic mass is 15.6. The van der Waals surface area contributed by atoms with Gasteiger partial charge >= 0.3 is 0 Å². The van der Waals surface area contributed by atoms with Crippen LogP contribution >= 0.6 is 0 Å². The van der Waals surface area contributed by atoms with Gasteiger partial charge in [0.15, 0.2) is 11.5 Å². The summed E-state index contributed by atoms with van der Waals surface area (Å²) >= 11 is 0. The van der Waals surface area contributed by atoms with E-state index in [2.05, 4.69) is 37.1 Å². The Morgan fingerprint density at radius 3 is 2.96 bits per heavy atom. The van der Waals surface area contributed by atoms with Crippen LogP contribution in [0.1, 0.15) is 48.9 Å². The molecule has 0 N–H and O–H groups in total. The van der Waals surface area contributed by atoms with Crippen LogP contribution in [0.15, 0.2) is 12.1 Å². The molecule has 0 unspecified atom stereocenters. The van der Waals surface area contributed by atoms with Gasteiger partial charge in [0, 0.05) is 19.3 Å². The minimum Gasteiger partial charge on any atom is -0.345 e. The van der Waals surface area contributed by atoms with Crippen molar-refractivity contribution in [2.45, 2.75) is 44.6 Å². The van der Waals surface area contributed by atoms with E-state index >= 15 is 0 Å². The van der Waals surface area contributed by atoms with Crippen LogP contribution in [0.3, 0.4) is 0 Å². The fraction of sp³-hybridized carbons (Fsp3) is 0.562. The maximum atomic E-state index is 5.01. The monoisotopic (exact) mass is 324 g/mol. The molecule has 1 atom stereocenters. The second-order valence-corrected chi connectivity index (χ2v) is 6.70. The van der Waals surface area contributed by atoms with Crippen molar-refractivity contribution in [2.75, 3.05) is 11.4 Å². The fourth-order valence-corrected chi connectivity index (χ4v) is 4.11. The molecule has 2 aliphatic rings. The first kappa shape index (κ1) is 13.9. The molecule has 3 aromatic heterocycles. The van der Waals surface area contributed by atoms with E-state index in [1.807, 2.05) is 12.1 Å². The molecule has 8 heteroatoms. The summed E-state index contributed by atoms with van der Waals surface area (Å²) in [5.74, 6) is 2.09. The van der Waals surface area contributed by atoms with Crippen LogP contribution < -0.4 is 4.90 Å². The molecule has 1 aliphatic heterocycles. The van der Waals surface area contributed by atoms with Gasteiger partial charge in [-0.05, 0) is 61.1 Å². The molecule has 8 nitrogen and oxygen atoms in total. The van der Waals surface area contributed by atoms with Crippen LogP contribution in [0.2, 0.25) is 0 Å². The minimum absolute atomic E-state index is 0.280. The number of fused-ring (bicyclic) bond motifs is 2. The van der Waals surface area contributed by atoms with Crippen molar-refractivity contribution in [1.82, 2.24) is 34.8 Å². The van der Waals surface area contributed by atoms with Crippen molar-refractivity contribution in [3.63, 3.8) is 0 Å². The Kier molecular flexibility index (Phi) is 3.04. The standard InChI is InChI=1S/C16H20N8/c1-22-12-6-3-2-5-11(12)17-16(22)13-7-4-10-23(13)15-9-8-14-18-20-21-24(14)19-15/h8-9,13H,2-7,10H2,1H3/t13-/m1/s1. The van der Waals surface area contributed by atoms with Gasteiger partial charge in [0.2, 0.25) is 0 Å². The molecule has 0 saturated carbocycles. The van der Waals surface area contributed by atoms with E-state index in [1.165, 1.54) is 34.7 Å². The lowest BCUT2D eigenvalue weighted by Crippen LogP contribution is -2.26. The first-order valence-electron chi connectivity index (χ1n) is 8.68. The number of nitrogens with zero attached hydrogens (tertiary/aromatic N) is 8. The van der Waals surface area contributed by atoms with Gasteiger partial charge in [0.05, 0.1) is 11.7 Å². The predicted molar refractivity (Wildman–Crippen MR) is 87.7 cm³/mol. The van der Waals surface area contributed by atoms with Gasteiger partial charge in [0.25, 0.3) is 0 Å². The number of rotatable bonds is 2. The molecule has 0 bridgehead atoms. The van der Waals surface area contributed by atoms with E-state index in [-0.39, 0.29) is 6.04 Å². The van der Waals surface area contributed by atoms with E-state index < -0.39 is 0 Å². The lowest BCUT2D eigenvalue weighted by molar-refractivity contribution is 0.602. The Hall–Kier alpha value is -2.51. The molecule has 3 aromatic rings. The lowest BCUT2D eigenvalue weighted by atomic mass is 10.0. The van der Waals surface area contributed by atoms with Crippen molar-refractivity contribution < 1.29 is 0 Å². The summed E-state index contributed by atoms with van der Waals surface area (Å²) < 4.78 is 3.82. The lowest BCUT2D eigenvalue weighted by Gasteiger charge is -2.25. The van der Waals surface area contributed by atoms with Gasteiger partial charge in [-0.15, -0.1) is 14.8 Å². The third-order valence-corrected chi connectivity index (χ3v) is 5.31. The van der Waals surface area contributed by atoms with Crippen LogP contribution in [-0.4, -0.2) is 41.4 Å². The smallest absolute Gasteiger partial charge is 0.200 e. The summed E-state index contributed by atoms with van der Waals surface area (Å²) in [6.45, 7) is 0.989. The van der Waals surface area contributed by atoms with Crippen molar-refractivity contribution in [2.24, 2.45) is 7.05 Å². The average molecular weight is 324 g/mol. The van der Waals surface area contributed by atoms with E-state index in [1.54, 1.807) is 0 Å². The zero-order valence-corrected chi connectivity index (χ0v) is 13.8. The number of hydrogen-bond acceptors (Lipinski definition) is 6. The van der Waals surface area contributed by atoms with Gasteiger partial charge < -0.3 is 9.47 Å². The summed E-state index contributed by atoms with van der Waals surface area (Å²) in [4.78, 5) is 7.35. The van der Waals surface area contributed by atoms with Crippen LogP contribution in [0.4, 0.5) is 5.82 Å². The van der Waals surface area contributed by atoms with Gasteiger partial charge in [-0.25, -0.2) is 4.98 Å². The van der Waals surface area contributed by atoms with Gasteiger partial charge in [0.1, 0.15) is 5.82 Å². The zero-order valence-electron chi connectivity index (χ0n) is 13.8. The second-order valence-electron chi connectivity index (χ2n) is 6.70. The van der Waals surface area contributed by atoms with Crippen molar-refractivity contribution in [3.05, 3.63) is 29.3 Å². The highest BCUT2D eigenvalue weighted by molar-refractivity contribution is 5.46. The summed E-state index contributed by atoms with van der Waals surface area (Å²) in [6.07, 6.45) is 7.06. The van der Waals surface area contributed by atoms with Gasteiger partial charge in [-0.1, -0.05) is 0 Å². The third kappa shape index (κ3) is 2.02. The molecule has 0 aromatic carbocycles. The Balaban J connectivity index is 1.54. The van der Waals surface area contributed by atoms with Crippen LogP contribution in [0, 0.1) is 0 Å². The molecule has 0 amide bonds.